The van der Waals surface area contributed by atoms with Gasteiger partial charge >= 0.3 is 6.03 Å². The topological polar surface area (TPSA) is 59.4 Å². The minimum Gasteiger partial charge on any atom is -0.371 e. The second-order valence-corrected chi connectivity index (χ2v) is 6.74. The van der Waals surface area contributed by atoms with Crippen molar-refractivity contribution >= 4 is 6.03 Å². The molecule has 0 atom stereocenters. The third-order valence-corrected chi connectivity index (χ3v) is 5.27. The maximum atomic E-state index is 12.4. The Bertz CT molecular complexity index is 564. The SMILES string of the molecule is O=C(NCc1cnc2n1CCCC2)N1CCOC2(CCC2)C1. The minimum atomic E-state index is -0.0363. The lowest BCUT2D eigenvalue weighted by Crippen LogP contribution is -2.58. The fourth-order valence-electron chi connectivity index (χ4n) is 3.79. The van der Waals surface area contributed by atoms with Crippen molar-refractivity contribution in [2.45, 2.75) is 57.2 Å². The summed E-state index contributed by atoms with van der Waals surface area (Å²) < 4.78 is 8.13. The molecular formula is C16H24N4O2. The van der Waals surface area contributed by atoms with E-state index < -0.39 is 0 Å². The molecule has 2 fully saturated rings. The predicted octanol–water partition coefficient (Wildman–Crippen LogP) is 1.68. The molecule has 1 saturated carbocycles. The van der Waals surface area contributed by atoms with Crippen LogP contribution in [0.4, 0.5) is 4.79 Å². The number of carbonyl (C=O) groups excluding carboxylic acids is 1. The van der Waals surface area contributed by atoms with Crippen LogP contribution >= 0.6 is 0 Å². The molecule has 22 heavy (non-hydrogen) atoms. The van der Waals surface area contributed by atoms with Crippen molar-refractivity contribution in [3.05, 3.63) is 17.7 Å². The van der Waals surface area contributed by atoms with Crippen LogP contribution in [0.2, 0.25) is 0 Å². The monoisotopic (exact) mass is 304 g/mol. The van der Waals surface area contributed by atoms with Gasteiger partial charge in [0.25, 0.3) is 0 Å². The average molecular weight is 304 g/mol. The van der Waals surface area contributed by atoms with Gasteiger partial charge in [-0.05, 0) is 32.1 Å². The molecule has 6 heteroatoms. The van der Waals surface area contributed by atoms with Gasteiger partial charge in [-0.2, -0.15) is 0 Å². The number of ether oxygens (including phenoxy) is 1. The predicted molar refractivity (Wildman–Crippen MR) is 81.5 cm³/mol. The second-order valence-electron chi connectivity index (χ2n) is 6.74. The summed E-state index contributed by atoms with van der Waals surface area (Å²) in [6.45, 7) is 3.69. The normalized spacial score (nSPS) is 23.0. The standard InChI is InChI=1S/C16H24N4O2/c21-15(19-8-9-22-16(12-19)5-3-6-16)18-11-13-10-17-14-4-1-2-7-20(13)14/h10H,1-9,11-12H2,(H,18,21). The Morgan fingerprint density at radius 1 is 1.32 bits per heavy atom. The highest BCUT2D eigenvalue weighted by atomic mass is 16.5. The number of fused-ring (bicyclic) bond motifs is 1. The fraction of sp³-hybridized carbons (Fsp3) is 0.750. The second kappa shape index (κ2) is 5.57. The van der Waals surface area contributed by atoms with E-state index in [0.29, 0.717) is 19.7 Å². The van der Waals surface area contributed by atoms with E-state index in [1.54, 1.807) is 0 Å². The Morgan fingerprint density at radius 2 is 2.23 bits per heavy atom. The number of carbonyl (C=O) groups is 1. The summed E-state index contributed by atoms with van der Waals surface area (Å²) in [7, 11) is 0. The van der Waals surface area contributed by atoms with Crippen LogP contribution in [0.3, 0.4) is 0 Å². The molecule has 6 nitrogen and oxygen atoms in total. The van der Waals surface area contributed by atoms with E-state index >= 15 is 0 Å². The number of hydrogen-bond donors (Lipinski definition) is 1. The first-order valence-electron chi connectivity index (χ1n) is 8.46. The highest BCUT2D eigenvalue weighted by Crippen LogP contribution is 2.38. The Hall–Kier alpha value is -1.56. The van der Waals surface area contributed by atoms with Gasteiger partial charge in [-0.3, -0.25) is 0 Å². The molecule has 120 valence electrons. The number of urea groups is 1. The van der Waals surface area contributed by atoms with Crippen molar-refractivity contribution in [2.24, 2.45) is 0 Å². The van der Waals surface area contributed by atoms with Gasteiger partial charge in [0.15, 0.2) is 0 Å². The number of hydrogen-bond acceptors (Lipinski definition) is 3. The number of imidazole rings is 1. The number of amides is 2. The zero-order valence-corrected chi connectivity index (χ0v) is 13.0. The van der Waals surface area contributed by atoms with Crippen LogP contribution in [0.1, 0.15) is 43.6 Å². The van der Waals surface area contributed by atoms with E-state index in [0.717, 1.165) is 43.9 Å². The van der Waals surface area contributed by atoms with Crippen LogP contribution < -0.4 is 5.32 Å². The molecule has 1 aromatic heterocycles. The van der Waals surface area contributed by atoms with Crippen LogP contribution in [0, 0.1) is 0 Å². The van der Waals surface area contributed by atoms with Gasteiger partial charge < -0.3 is 19.5 Å². The molecule has 1 spiro atoms. The molecule has 2 amide bonds. The summed E-state index contributed by atoms with van der Waals surface area (Å²) in [5.41, 5.74) is 1.08. The van der Waals surface area contributed by atoms with Gasteiger partial charge in [0.2, 0.25) is 0 Å². The molecule has 0 unspecified atom stereocenters. The Balaban J connectivity index is 1.35. The van der Waals surface area contributed by atoms with Crippen molar-refractivity contribution in [1.82, 2.24) is 19.8 Å². The molecular weight excluding hydrogens is 280 g/mol. The van der Waals surface area contributed by atoms with Crippen molar-refractivity contribution in [3.8, 4) is 0 Å². The smallest absolute Gasteiger partial charge is 0.317 e. The lowest BCUT2D eigenvalue weighted by molar-refractivity contribution is -0.141. The maximum absolute atomic E-state index is 12.4. The molecule has 3 heterocycles. The molecule has 1 aromatic rings. The molecule has 0 radical (unpaired) electrons. The van der Waals surface area contributed by atoms with E-state index in [-0.39, 0.29) is 11.6 Å². The third kappa shape index (κ3) is 2.49. The zero-order chi connectivity index (χ0) is 15.0. The minimum absolute atomic E-state index is 0.0286. The summed E-state index contributed by atoms with van der Waals surface area (Å²) in [4.78, 5) is 18.8. The molecule has 1 aliphatic carbocycles. The van der Waals surface area contributed by atoms with E-state index in [1.807, 2.05) is 11.1 Å². The van der Waals surface area contributed by atoms with Gasteiger partial charge in [0, 0.05) is 19.5 Å². The number of nitrogens with zero attached hydrogens (tertiary/aromatic N) is 3. The first-order chi connectivity index (χ1) is 10.8. The van der Waals surface area contributed by atoms with Crippen LogP contribution in [-0.4, -0.2) is 45.8 Å². The van der Waals surface area contributed by atoms with E-state index in [2.05, 4.69) is 14.9 Å². The number of nitrogens with one attached hydrogen (secondary N) is 1. The maximum Gasteiger partial charge on any atom is 0.317 e. The summed E-state index contributed by atoms with van der Waals surface area (Å²) in [6.07, 6.45) is 8.79. The molecule has 3 aliphatic rings. The van der Waals surface area contributed by atoms with E-state index in [4.69, 9.17) is 4.74 Å². The Kier molecular flexibility index (Phi) is 3.56. The van der Waals surface area contributed by atoms with Gasteiger partial charge in [-0.15, -0.1) is 0 Å². The number of morpholine rings is 1. The van der Waals surface area contributed by atoms with Gasteiger partial charge in [0.05, 0.1) is 37.2 Å². The first-order valence-corrected chi connectivity index (χ1v) is 8.46. The number of aromatic nitrogens is 2. The largest absolute Gasteiger partial charge is 0.371 e. The molecule has 0 aromatic carbocycles. The molecule has 1 saturated heterocycles. The summed E-state index contributed by atoms with van der Waals surface area (Å²) >= 11 is 0. The van der Waals surface area contributed by atoms with Crippen LogP contribution in [0.5, 0.6) is 0 Å². The summed E-state index contributed by atoms with van der Waals surface area (Å²) in [6, 6.07) is 0.0286. The lowest BCUT2D eigenvalue weighted by atomic mass is 9.79. The average Bonchev–Trinajstić information content (AvgIpc) is 2.94. The van der Waals surface area contributed by atoms with Crippen molar-refractivity contribution in [3.63, 3.8) is 0 Å². The number of rotatable bonds is 2. The highest BCUT2D eigenvalue weighted by Gasteiger charge is 2.43. The van der Waals surface area contributed by atoms with E-state index in [1.165, 1.54) is 19.3 Å². The lowest BCUT2D eigenvalue weighted by Gasteiger charge is -2.48. The van der Waals surface area contributed by atoms with Crippen molar-refractivity contribution in [2.75, 3.05) is 19.7 Å². The highest BCUT2D eigenvalue weighted by molar-refractivity contribution is 5.74. The van der Waals surface area contributed by atoms with Crippen LogP contribution in [-0.2, 0) is 24.2 Å². The Morgan fingerprint density at radius 3 is 3.05 bits per heavy atom. The summed E-state index contributed by atoms with van der Waals surface area (Å²) in [5.74, 6) is 1.16. The quantitative estimate of drug-likeness (QED) is 0.904. The molecule has 1 N–H and O–H groups in total. The molecule has 4 rings (SSSR count). The zero-order valence-electron chi connectivity index (χ0n) is 13.0. The molecule has 2 aliphatic heterocycles. The Labute approximate surface area is 130 Å². The van der Waals surface area contributed by atoms with Crippen LogP contribution in [0.25, 0.3) is 0 Å². The van der Waals surface area contributed by atoms with Crippen LogP contribution in [0.15, 0.2) is 6.20 Å². The first kappa shape index (κ1) is 14.1. The summed E-state index contributed by atoms with van der Waals surface area (Å²) in [5, 5.41) is 3.06. The van der Waals surface area contributed by atoms with Gasteiger partial charge in [-0.25, -0.2) is 9.78 Å². The number of aryl methyl sites for hydroxylation is 1. The van der Waals surface area contributed by atoms with E-state index in [9.17, 15) is 4.79 Å². The third-order valence-electron chi connectivity index (χ3n) is 5.27. The fourth-order valence-corrected chi connectivity index (χ4v) is 3.79. The van der Waals surface area contributed by atoms with Gasteiger partial charge in [0.1, 0.15) is 5.82 Å². The van der Waals surface area contributed by atoms with Crippen molar-refractivity contribution in [1.29, 1.82) is 0 Å². The van der Waals surface area contributed by atoms with Gasteiger partial charge in [-0.1, -0.05) is 0 Å². The van der Waals surface area contributed by atoms with Crippen molar-refractivity contribution < 1.29 is 9.53 Å². The molecule has 0 bridgehead atoms.